The number of nitrogens with one attached hydrogen (secondary N) is 2. The highest BCUT2D eigenvalue weighted by molar-refractivity contribution is 5.93. The average Bonchev–Trinajstić information content (AvgIpc) is 3.74. The van der Waals surface area contributed by atoms with E-state index >= 15 is 0 Å². The SMILES string of the molecule is CCc1ccc(C(C(=O)NCC(=O)OC)N(C(=O)C(Cc2ccccc2)NC(=O)OC(C)(C)C)C2CC2)cc1. The smallest absolute Gasteiger partial charge is 0.408 e. The zero-order chi connectivity index (χ0) is 28.6. The van der Waals surface area contributed by atoms with Gasteiger partial charge in [0.1, 0.15) is 24.2 Å². The second kappa shape index (κ2) is 13.3. The molecule has 9 nitrogen and oxygen atoms in total. The monoisotopic (exact) mass is 537 g/mol. The quantitative estimate of drug-likeness (QED) is 0.423. The summed E-state index contributed by atoms with van der Waals surface area (Å²) < 4.78 is 10.1. The Hall–Kier alpha value is -3.88. The van der Waals surface area contributed by atoms with Crippen molar-refractivity contribution in [2.75, 3.05) is 13.7 Å². The molecule has 3 rings (SSSR count). The Morgan fingerprint density at radius 2 is 1.62 bits per heavy atom. The Morgan fingerprint density at radius 1 is 0.974 bits per heavy atom. The van der Waals surface area contributed by atoms with Gasteiger partial charge in [0.05, 0.1) is 7.11 Å². The van der Waals surface area contributed by atoms with Crippen molar-refractivity contribution >= 4 is 23.9 Å². The van der Waals surface area contributed by atoms with Gasteiger partial charge in [-0.3, -0.25) is 14.4 Å². The summed E-state index contributed by atoms with van der Waals surface area (Å²) in [5.74, 6) is -1.49. The predicted molar refractivity (Wildman–Crippen MR) is 147 cm³/mol. The maximum atomic E-state index is 14.3. The summed E-state index contributed by atoms with van der Waals surface area (Å²) in [7, 11) is 1.24. The molecule has 210 valence electrons. The van der Waals surface area contributed by atoms with E-state index in [1.807, 2.05) is 61.5 Å². The van der Waals surface area contributed by atoms with Crippen molar-refractivity contribution in [3.05, 3.63) is 71.3 Å². The number of methoxy groups -OCH3 is 1. The molecule has 0 heterocycles. The molecule has 2 atom stereocenters. The van der Waals surface area contributed by atoms with E-state index < -0.39 is 41.6 Å². The number of hydrogen-bond donors (Lipinski definition) is 2. The van der Waals surface area contributed by atoms with E-state index in [-0.39, 0.29) is 19.0 Å². The molecule has 2 aromatic carbocycles. The maximum Gasteiger partial charge on any atom is 0.408 e. The van der Waals surface area contributed by atoms with Gasteiger partial charge in [0.2, 0.25) is 11.8 Å². The number of nitrogens with zero attached hydrogens (tertiary/aromatic N) is 1. The van der Waals surface area contributed by atoms with E-state index in [1.165, 1.54) is 7.11 Å². The van der Waals surface area contributed by atoms with Crippen LogP contribution in [-0.2, 0) is 36.7 Å². The van der Waals surface area contributed by atoms with Crippen molar-refractivity contribution in [1.29, 1.82) is 0 Å². The molecule has 2 unspecified atom stereocenters. The second-order valence-corrected chi connectivity index (χ2v) is 10.7. The summed E-state index contributed by atoms with van der Waals surface area (Å²) in [5.41, 5.74) is 1.80. The van der Waals surface area contributed by atoms with E-state index in [0.717, 1.165) is 30.4 Å². The largest absolute Gasteiger partial charge is 0.468 e. The van der Waals surface area contributed by atoms with Crippen LogP contribution in [0.15, 0.2) is 54.6 Å². The van der Waals surface area contributed by atoms with E-state index in [0.29, 0.717) is 5.56 Å². The average molecular weight is 538 g/mol. The van der Waals surface area contributed by atoms with Crippen LogP contribution in [0.4, 0.5) is 4.79 Å². The molecule has 1 saturated carbocycles. The number of rotatable bonds is 11. The van der Waals surface area contributed by atoms with Crippen LogP contribution in [-0.4, -0.2) is 60.1 Å². The highest BCUT2D eigenvalue weighted by Crippen LogP contribution is 2.36. The molecular formula is C30H39N3O6. The standard InChI is InChI=1S/C30H39N3O6/c1-6-20-12-14-22(15-13-20)26(27(35)31-19-25(34)38-5)33(23-16-17-23)28(36)24(18-21-10-8-7-9-11-21)32-29(37)39-30(2,3)4/h7-15,23-24,26H,6,16-19H2,1-5H3,(H,31,35)(H,32,37). The Kier molecular flexibility index (Phi) is 10.1. The topological polar surface area (TPSA) is 114 Å². The number of hydrogen-bond acceptors (Lipinski definition) is 6. The number of amides is 3. The summed E-state index contributed by atoms with van der Waals surface area (Å²) in [5, 5.41) is 5.37. The fraction of sp³-hybridized carbons (Fsp3) is 0.467. The molecule has 1 fully saturated rings. The first-order valence-electron chi connectivity index (χ1n) is 13.3. The zero-order valence-corrected chi connectivity index (χ0v) is 23.4. The van der Waals surface area contributed by atoms with Gasteiger partial charge in [-0.05, 0) is 56.7 Å². The van der Waals surface area contributed by atoms with Crippen LogP contribution in [0.25, 0.3) is 0 Å². The first-order valence-corrected chi connectivity index (χ1v) is 13.3. The third kappa shape index (κ3) is 8.84. The maximum absolute atomic E-state index is 14.3. The molecule has 0 aromatic heterocycles. The molecule has 2 N–H and O–H groups in total. The molecule has 0 aliphatic heterocycles. The number of carbonyl (C=O) groups excluding carboxylic acids is 4. The molecule has 0 radical (unpaired) electrons. The van der Waals surface area contributed by atoms with Gasteiger partial charge >= 0.3 is 12.1 Å². The third-order valence-corrected chi connectivity index (χ3v) is 6.33. The molecule has 1 aliphatic rings. The van der Waals surface area contributed by atoms with Gasteiger partial charge in [-0.15, -0.1) is 0 Å². The number of carbonyl (C=O) groups is 4. The molecule has 0 spiro atoms. The number of alkyl carbamates (subject to hydrolysis) is 1. The lowest BCUT2D eigenvalue weighted by molar-refractivity contribution is -0.145. The fourth-order valence-corrected chi connectivity index (χ4v) is 4.25. The van der Waals surface area contributed by atoms with Crippen LogP contribution in [0.1, 0.15) is 63.3 Å². The molecule has 39 heavy (non-hydrogen) atoms. The normalized spacial score (nSPS) is 14.5. The third-order valence-electron chi connectivity index (χ3n) is 6.33. The summed E-state index contributed by atoms with van der Waals surface area (Å²) in [6.07, 6.45) is 1.78. The number of benzene rings is 2. The van der Waals surface area contributed by atoms with Crippen molar-refractivity contribution < 1.29 is 28.7 Å². The number of esters is 1. The van der Waals surface area contributed by atoms with Gasteiger partial charge in [-0.1, -0.05) is 61.5 Å². The fourth-order valence-electron chi connectivity index (χ4n) is 4.25. The van der Waals surface area contributed by atoms with Crippen LogP contribution in [0.2, 0.25) is 0 Å². The van der Waals surface area contributed by atoms with Gasteiger partial charge in [0.25, 0.3) is 0 Å². The summed E-state index contributed by atoms with van der Waals surface area (Å²) in [4.78, 5) is 53.9. The van der Waals surface area contributed by atoms with Crippen molar-refractivity contribution in [2.24, 2.45) is 0 Å². The van der Waals surface area contributed by atoms with Crippen LogP contribution in [0.3, 0.4) is 0 Å². The molecular weight excluding hydrogens is 498 g/mol. The summed E-state index contributed by atoms with van der Waals surface area (Å²) >= 11 is 0. The highest BCUT2D eigenvalue weighted by atomic mass is 16.6. The Bertz CT molecular complexity index is 1140. The van der Waals surface area contributed by atoms with Crippen LogP contribution in [0.5, 0.6) is 0 Å². The Labute approximate surface area is 230 Å². The van der Waals surface area contributed by atoms with Gasteiger partial charge in [0.15, 0.2) is 0 Å². The van der Waals surface area contributed by atoms with Crippen molar-refractivity contribution in [3.63, 3.8) is 0 Å². The van der Waals surface area contributed by atoms with Crippen LogP contribution < -0.4 is 10.6 Å². The summed E-state index contributed by atoms with van der Waals surface area (Å²) in [6.45, 7) is 6.96. The Morgan fingerprint density at radius 3 is 2.15 bits per heavy atom. The van der Waals surface area contributed by atoms with E-state index in [4.69, 9.17) is 4.74 Å². The minimum atomic E-state index is -1.00. The second-order valence-electron chi connectivity index (χ2n) is 10.7. The van der Waals surface area contributed by atoms with Gasteiger partial charge < -0.3 is 25.0 Å². The minimum Gasteiger partial charge on any atom is -0.468 e. The van der Waals surface area contributed by atoms with Crippen molar-refractivity contribution in [2.45, 2.75) is 77.1 Å². The van der Waals surface area contributed by atoms with Gasteiger partial charge in [-0.2, -0.15) is 0 Å². The lowest BCUT2D eigenvalue weighted by Gasteiger charge is -2.34. The van der Waals surface area contributed by atoms with Crippen molar-refractivity contribution in [1.82, 2.24) is 15.5 Å². The first-order chi connectivity index (χ1) is 18.5. The zero-order valence-electron chi connectivity index (χ0n) is 23.4. The molecule has 2 aromatic rings. The van der Waals surface area contributed by atoms with E-state index in [2.05, 4.69) is 15.4 Å². The predicted octanol–water partition coefficient (Wildman–Crippen LogP) is 3.71. The molecule has 1 aliphatic carbocycles. The van der Waals surface area contributed by atoms with Crippen LogP contribution in [0, 0.1) is 0 Å². The van der Waals surface area contributed by atoms with E-state index in [9.17, 15) is 19.2 Å². The van der Waals surface area contributed by atoms with Crippen molar-refractivity contribution in [3.8, 4) is 0 Å². The van der Waals surface area contributed by atoms with Crippen LogP contribution >= 0.6 is 0 Å². The number of ether oxygens (including phenoxy) is 2. The summed E-state index contributed by atoms with van der Waals surface area (Å²) in [6, 6.07) is 14.7. The van der Waals surface area contributed by atoms with Gasteiger partial charge in [-0.25, -0.2) is 4.79 Å². The first kappa shape index (κ1) is 29.7. The highest BCUT2D eigenvalue weighted by Gasteiger charge is 2.44. The molecule has 3 amide bonds. The van der Waals surface area contributed by atoms with E-state index in [1.54, 1.807) is 25.7 Å². The molecule has 9 heteroatoms. The minimum absolute atomic E-state index is 0.184. The lowest BCUT2D eigenvalue weighted by Crippen LogP contribution is -2.54. The molecule has 0 saturated heterocycles. The lowest BCUT2D eigenvalue weighted by atomic mass is 9.98. The Balaban J connectivity index is 1.98. The number of aryl methyl sites for hydroxylation is 1. The van der Waals surface area contributed by atoms with Gasteiger partial charge in [0, 0.05) is 12.5 Å². The molecule has 0 bridgehead atoms.